The molecule has 2 nitrogen and oxygen atoms in total. The summed E-state index contributed by atoms with van der Waals surface area (Å²) in [5.74, 6) is 0. The average Bonchev–Trinajstić information content (AvgIpc) is 2.19. The number of hydrogen-bond donors (Lipinski definition) is 0. The van der Waals surface area contributed by atoms with Crippen LogP contribution in [-0.2, 0) is 16.3 Å². The first-order valence-corrected chi connectivity index (χ1v) is 8.35. The van der Waals surface area contributed by atoms with Crippen LogP contribution < -0.4 is 0 Å². The minimum absolute atomic E-state index is 0.446. The highest BCUT2D eigenvalue weighted by Crippen LogP contribution is 2.27. The van der Waals surface area contributed by atoms with Crippen molar-refractivity contribution in [3.63, 3.8) is 0 Å². The van der Waals surface area contributed by atoms with Gasteiger partial charge >= 0.3 is 0 Å². The predicted octanol–water partition coefficient (Wildman–Crippen LogP) is 3.42. The molecule has 1 atom stereocenters. The molecule has 0 aliphatic carbocycles. The molecule has 0 spiro atoms. The predicted molar refractivity (Wildman–Crippen MR) is 76.4 cm³/mol. The summed E-state index contributed by atoms with van der Waals surface area (Å²) in [6, 6.07) is 7.73. The van der Waals surface area contributed by atoms with Crippen molar-refractivity contribution in [1.29, 1.82) is 0 Å². The molecule has 5 heteroatoms. The van der Waals surface area contributed by atoms with Gasteiger partial charge in [-0.05, 0) is 38.0 Å². The van der Waals surface area contributed by atoms with Gasteiger partial charge in [0.05, 0.1) is 10.1 Å². The van der Waals surface area contributed by atoms with Gasteiger partial charge in [-0.25, -0.2) is 8.42 Å². The molecule has 0 radical (unpaired) electrons. The minimum atomic E-state index is -3.17. The molecule has 1 aromatic rings. The van der Waals surface area contributed by atoms with E-state index in [0.717, 1.165) is 10.0 Å². The van der Waals surface area contributed by atoms with Crippen molar-refractivity contribution >= 4 is 37.4 Å². The maximum absolute atomic E-state index is 11.6. The number of rotatable bonds is 4. The second kappa shape index (κ2) is 5.29. The first kappa shape index (κ1) is 15.0. The van der Waals surface area contributed by atoms with Crippen molar-refractivity contribution in [1.82, 2.24) is 0 Å². The van der Waals surface area contributed by atoms with Gasteiger partial charge in [-0.1, -0.05) is 28.1 Å². The van der Waals surface area contributed by atoms with E-state index in [1.165, 1.54) is 6.26 Å². The van der Waals surface area contributed by atoms with Crippen LogP contribution >= 0.6 is 27.5 Å². The third-order valence-electron chi connectivity index (χ3n) is 3.04. The molecule has 0 bridgehead atoms. The zero-order chi connectivity index (χ0) is 13.3. The number of hydrogen-bond acceptors (Lipinski definition) is 2. The molecule has 0 N–H and O–H groups in total. The zero-order valence-electron chi connectivity index (χ0n) is 10.1. The fourth-order valence-corrected chi connectivity index (χ4v) is 2.78. The fourth-order valence-electron chi connectivity index (χ4n) is 1.31. The number of sulfone groups is 1. The Morgan fingerprint density at radius 1 is 1.29 bits per heavy atom. The Kier molecular flexibility index (Phi) is 4.67. The molecule has 0 saturated carbocycles. The van der Waals surface area contributed by atoms with Gasteiger partial charge in [0, 0.05) is 10.7 Å². The second-order valence-electron chi connectivity index (χ2n) is 4.67. The lowest BCUT2D eigenvalue weighted by Crippen LogP contribution is -2.41. The third kappa shape index (κ3) is 3.70. The van der Waals surface area contributed by atoms with Crippen molar-refractivity contribution in [3.8, 4) is 0 Å². The lowest BCUT2D eigenvalue weighted by atomic mass is 10.0. The molecular weight excluding hydrogens is 324 g/mol. The van der Waals surface area contributed by atoms with E-state index in [-0.39, 0.29) is 0 Å². The van der Waals surface area contributed by atoms with Crippen LogP contribution in [0, 0.1) is 0 Å². The number of halogens is 2. The summed E-state index contributed by atoms with van der Waals surface area (Å²) in [6.07, 6.45) is 1.76. The number of benzene rings is 1. The highest BCUT2D eigenvalue weighted by Gasteiger charge is 2.37. The van der Waals surface area contributed by atoms with E-state index >= 15 is 0 Å². The summed E-state index contributed by atoms with van der Waals surface area (Å²) in [5.41, 5.74) is 1.03. The van der Waals surface area contributed by atoms with E-state index in [2.05, 4.69) is 15.9 Å². The largest absolute Gasteiger partial charge is 0.229 e. The Morgan fingerprint density at radius 3 is 2.18 bits per heavy atom. The maximum Gasteiger partial charge on any atom is 0.154 e. The van der Waals surface area contributed by atoms with Crippen molar-refractivity contribution in [2.24, 2.45) is 0 Å². The normalized spacial score (nSPS) is 14.6. The molecule has 0 aliphatic rings. The minimum Gasteiger partial charge on any atom is -0.229 e. The summed E-state index contributed by atoms with van der Waals surface area (Å²) in [5, 5.41) is -0.446. The molecule has 17 heavy (non-hydrogen) atoms. The Labute approximate surface area is 116 Å². The van der Waals surface area contributed by atoms with Crippen molar-refractivity contribution in [3.05, 3.63) is 34.3 Å². The molecule has 0 amide bonds. The van der Waals surface area contributed by atoms with Crippen LogP contribution in [0.3, 0.4) is 0 Å². The Hall–Kier alpha value is -0.0600. The third-order valence-corrected chi connectivity index (χ3v) is 6.59. The van der Waals surface area contributed by atoms with Crippen LogP contribution in [-0.4, -0.2) is 24.8 Å². The molecule has 0 fully saturated rings. The van der Waals surface area contributed by atoms with Crippen LogP contribution in [0.25, 0.3) is 0 Å². The molecule has 0 saturated heterocycles. The lowest BCUT2D eigenvalue weighted by molar-refractivity contribution is 0.536. The van der Waals surface area contributed by atoms with Crippen LogP contribution in [0.2, 0.25) is 0 Å². The molecule has 1 aromatic carbocycles. The average molecular weight is 340 g/mol. The molecule has 1 unspecified atom stereocenters. The van der Waals surface area contributed by atoms with Gasteiger partial charge in [-0.15, -0.1) is 11.6 Å². The lowest BCUT2D eigenvalue weighted by Gasteiger charge is -2.28. The summed E-state index contributed by atoms with van der Waals surface area (Å²) in [7, 11) is -3.17. The van der Waals surface area contributed by atoms with Crippen molar-refractivity contribution in [2.45, 2.75) is 30.4 Å². The van der Waals surface area contributed by atoms with Crippen molar-refractivity contribution in [2.75, 3.05) is 6.26 Å². The van der Waals surface area contributed by atoms with Gasteiger partial charge in [0.2, 0.25) is 0 Å². The monoisotopic (exact) mass is 338 g/mol. The highest BCUT2D eigenvalue weighted by molar-refractivity contribution is 9.10. The Bertz CT molecular complexity index is 480. The van der Waals surface area contributed by atoms with E-state index in [1.807, 2.05) is 24.3 Å². The highest BCUT2D eigenvalue weighted by atomic mass is 79.9. The molecule has 0 aliphatic heterocycles. The SMILES string of the molecule is CC(C)(C(Cl)Cc1ccc(Br)cc1)S(C)(=O)=O. The summed E-state index contributed by atoms with van der Waals surface area (Å²) in [6.45, 7) is 3.33. The quantitative estimate of drug-likeness (QED) is 0.788. The Morgan fingerprint density at radius 2 is 1.76 bits per heavy atom. The van der Waals surface area contributed by atoms with Crippen LogP contribution in [0.1, 0.15) is 19.4 Å². The van der Waals surface area contributed by atoms with Gasteiger partial charge in [0.25, 0.3) is 0 Å². The van der Waals surface area contributed by atoms with Gasteiger partial charge in [-0.2, -0.15) is 0 Å². The van der Waals surface area contributed by atoms with Gasteiger partial charge in [0.15, 0.2) is 9.84 Å². The number of alkyl halides is 1. The van der Waals surface area contributed by atoms with E-state index < -0.39 is 20.0 Å². The smallest absolute Gasteiger partial charge is 0.154 e. The van der Waals surface area contributed by atoms with E-state index in [4.69, 9.17) is 11.6 Å². The van der Waals surface area contributed by atoms with Crippen LogP contribution in [0.15, 0.2) is 28.7 Å². The van der Waals surface area contributed by atoms with E-state index in [1.54, 1.807) is 13.8 Å². The molecule has 0 aromatic heterocycles. The van der Waals surface area contributed by atoms with Gasteiger partial charge < -0.3 is 0 Å². The topological polar surface area (TPSA) is 34.1 Å². The molecule has 96 valence electrons. The summed E-state index contributed by atoms with van der Waals surface area (Å²) < 4.78 is 23.4. The maximum atomic E-state index is 11.6. The standard InChI is InChI=1S/C12H16BrClO2S/c1-12(2,17(3,15)16)11(14)8-9-4-6-10(13)7-5-9/h4-7,11H,8H2,1-3H3. The van der Waals surface area contributed by atoms with Gasteiger partial charge in [0.1, 0.15) is 0 Å². The van der Waals surface area contributed by atoms with Crippen LogP contribution in [0.5, 0.6) is 0 Å². The molecule has 0 heterocycles. The first-order chi connectivity index (χ1) is 7.64. The summed E-state index contributed by atoms with van der Waals surface area (Å²) >= 11 is 9.59. The van der Waals surface area contributed by atoms with Crippen molar-refractivity contribution < 1.29 is 8.42 Å². The summed E-state index contributed by atoms with van der Waals surface area (Å²) in [4.78, 5) is 0. The fraction of sp³-hybridized carbons (Fsp3) is 0.500. The van der Waals surface area contributed by atoms with E-state index in [0.29, 0.717) is 6.42 Å². The molecular formula is C12H16BrClO2S. The van der Waals surface area contributed by atoms with Gasteiger partial charge in [-0.3, -0.25) is 0 Å². The molecule has 1 rings (SSSR count). The Balaban J connectivity index is 2.86. The first-order valence-electron chi connectivity index (χ1n) is 5.22. The van der Waals surface area contributed by atoms with E-state index in [9.17, 15) is 8.42 Å². The van der Waals surface area contributed by atoms with Crippen LogP contribution in [0.4, 0.5) is 0 Å². The zero-order valence-corrected chi connectivity index (χ0v) is 13.2. The second-order valence-corrected chi connectivity index (χ2v) is 8.71.